The van der Waals surface area contributed by atoms with Crippen LogP contribution in [0.1, 0.15) is 34.6 Å². The highest BCUT2D eigenvalue weighted by Gasteiger charge is 2.28. The number of nitrogens with one attached hydrogen (secondary N) is 1. The predicted molar refractivity (Wildman–Crippen MR) is 101 cm³/mol. The molecule has 0 bridgehead atoms. The molecule has 1 amide bonds. The van der Waals surface area contributed by atoms with Crippen LogP contribution < -0.4 is 0 Å². The number of aromatic nitrogens is 2. The average Bonchev–Trinajstić information content (AvgIpc) is 3.03. The van der Waals surface area contributed by atoms with Crippen LogP contribution in [0, 0.1) is 12.8 Å². The van der Waals surface area contributed by atoms with Gasteiger partial charge in [0.15, 0.2) is 0 Å². The number of hydrogen-bond acceptors (Lipinski definition) is 4. The van der Waals surface area contributed by atoms with Crippen LogP contribution in [-0.2, 0) is 16.4 Å². The SMILES string of the molecule is Cc1cc(C(=O)N(Cc2ccccc2Cl)CC2CCS(=O)(=O)CC2)[nH]n1. The molecule has 0 unspecified atom stereocenters. The third kappa shape index (κ3) is 4.65. The van der Waals surface area contributed by atoms with Crippen molar-refractivity contribution >= 4 is 27.3 Å². The highest BCUT2D eigenvalue weighted by Crippen LogP contribution is 2.24. The Morgan fingerprint density at radius 1 is 1.31 bits per heavy atom. The summed E-state index contributed by atoms with van der Waals surface area (Å²) in [5.74, 6) is 0.386. The molecule has 1 aromatic carbocycles. The standard InChI is InChI=1S/C18H22ClN3O3S/c1-13-10-17(21-20-13)18(23)22(12-15-4-2-3-5-16(15)19)11-14-6-8-26(24,25)9-7-14/h2-5,10,14H,6-9,11-12H2,1H3,(H,20,21). The van der Waals surface area contributed by atoms with E-state index in [4.69, 9.17) is 11.6 Å². The van der Waals surface area contributed by atoms with E-state index in [0.717, 1.165) is 11.3 Å². The smallest absolute Gasteiger partial charge is 0.272 e. The van der Waals surface area contributed by atoms with Crippen LogP contribution >= 0.6 is 11.6 Å². The van der Waals surface area contributed by atoms with Crippen LogP contribution in [0.2, 0.25) is 5.02 Å². The molecule has 1 fully saturated rings. The van der Waals surface area contributed by atoms with Crippen molar-refractivity contribution in [3.05, 3.63) is 52.3 Å². The van der Waals surface area contributed by atoms with E-state index >= 15 is 0 Å². The molecule has 6 nitrogen and oxygen atoms in total. The first kappa shape index (κ1) is 18.9. The summed E-state index contributed by atoms with van der Waals surface area (Å²) in [6.45, 7) is 2.69. The number of rotatable bonds is 5. The zero-order valence-corrected chi connectivity index (χ0v) is 16.2. The third-order valence-electron chi connectivity index (χ3n) is 4.70. The number of hydrogen-bond donors (Lipinski definition) is 1. The van der Waals surface area contributed by atoms with Gasteiger partial charge in [-0.2, -0.15) is 5.10 Å². The van der Waals surface area contributed by atoms with Gasteiger partial charge in [0, 0.05) is 18.1 Å². The molecule has 140 valence electrons. The van der Waals surface area contributed by atoms with Gasteiger partial charge in [-0.15, -0.1) is 0 Å². The molecular formula is C18H22ClN3O3S. The fourth-order valence-electron chi connectivity index (χ4n) is 3.19. The Kier molecular flexibility index (Phi) is 5.67. The van der Waals surface area contributed by atoms with Crippen LogP contribution in [0.3, 0.4) is 0 Å². The Labute approximate surface area is 158 Å². The van der Waals surface area contributed by atoms with Crippen molar-refractivity contribution in [1.82, 2.24) is 15.1 Å². The number of nitrogens with zero attached hydrogens (tertiary/aromatic N) is 2. The molecular weight excluding hydrogens is 374 g/mol. The Morgan fingerprint density at radius 2 is 2.00 bits per heavy atom. The summed E-state index contributed by atoms with van der Waals surface area (Å²) in [4.78, 5) is 14.7. The van der Waals surface area contributed by atoms with Gasteiger partial charge in [-0.1, -0.05) is 29.8 Å². The first-order valence-corrected chi connectivity index (χ1v) is 10.8. The summed E-state index contributed by atoms with van der Waals surface area (Å²) >= 11 is 6.27. The minimum absolute atomic E-state index is 0.154. The third-order valence-corrected chi connectivity index (χ3v) is 6.78. The maximum Gasteiger partial charge on any atom is 0.272 e. The fourth-order valence-corrected chi connectivity index (χ4v) is 4.97. The number of aryl methyl sites for hydroxylation is 1. The first-order valence-electron chi connectivity index (χ1n) is 8.59. The molecule has 2 aromatic rings. The predicted octanol–water partition coefficient (Wildman–Crippen LogP) is 2.84. The number of amides is 1. The summed E-state index contributed by atoms with van der Waals surface area (Å²) in [6, 6.07) is 9.14. The topological polar surface area (TPSA) is 83.1 Å². The van der Waals surface area contributed by atoms with E-state index in [1.807, 2.05) is 25.1 Å². The normalized spacial score (nSPS) is 17.2. The Balaban J connectivity index is 1.79. The minimum Gasteiger partial charge on any atom is -0.333 e. The lowest BCUT2D eigenvalue weighted by Gasteiger charge is -2.30. The van der Waals surface area contributed by atoms with Gasteiger partial charge in [-0.05, 0) is 43.4 Å². The second kappa shape index (κ2) is 7.80. The summed E-state index contributed by atoms with van der Waals surface area (Å²) in [6.07, 6.45) is 1.16. The van der Waals surface area contributed by atoms with Gasteiger partial charge in [-0.3, -0.25) is 9.89 Å². The molecule has 0 aliphatic carbocycles. The van der Waals surface area contributed by atoms with Gasteiger partial charge in [0.1, 0.15) is 15.5 Å². The maximum atomic E-state index is 13.0. The molecule has 0 radical (unpaired) electrons. The van der Waals surface area contributed by atoms with Crippen molar-refractivity contribution < 1.29 is 13.2 Å². The van der Waals surface area contributed by atoms with E-state index in [-0.39, 0.29) is 23.3 Å². The molecule has 0 saturated carbocycles. The second-order valence-corrected chi connectivity index (χ2v) is 9.51. The molecule has 8 heteroatoms. The average molecular weight is 396 g/mol. The zero-order valence-electron chi connectivity index (χ0n) is 14.6. The molecule has 26 heavy (non-hydrogen) atoms. The number of sulfone groups is 1. The van der Waals surface area contributed by atoms with Gasteiger partial charge in [-0.25, -0.2) is 8.42 Å². The Morgan fingerprint density at radius 3 is 2.62 bits per heavy atom. The number of benzene rings is 1. The summed E-state index contributed by atoms with van der Waals surface area (Å²) in [7, 11) is -2.93. The number of carbonyl (C=O) groups is 1. The van der Waals surface area contributed by atoms with Crippen molar-refractivity contribution in [3.8, 4) is 0 Å². The minimum atomic E-state index is -2.93. The Hall–Kier alpha value is -1.86. The summed E-state index contributed by atoms with van der Waals surface area (Å²) in [5.41, 5.74) is 2.04. The van der Waals surface area contributed by atoms with E-state index in [0.29, 0.717) is 36.6 Å². The lowest BCUT2D eigenvalue weighted by atomic mass is 10.0. The number of aromatic amines is 1. The van der Waals surface area contributed by atoms with Gasteiger partial charge < -0.3 is 4.90 Å². The van der Waals surface area contributed by atoms with Crippen molar-refractivity contribution in [3.63, 3.8) is 0 Å². The maximum absolute atomic E-state index is 13.0. The largest absolute Gasteiger partial charge is 0.333 e. The van der Waals surface area contributed by atoms with Crippen LogP contribution in [-0.4, -0.2) is 47.5 Å². The van der Waals surface area contributed by atoms with Crippen LogP contribution in [0.5, 0.6) is 0 Å². The molecule has 1 aliphatic rings. The highest BCUT2D eigenvalue weighted by atomic mass is 35.5. The van der Waals surface area contributed by atoms with E-state index in [2.05, 4.69) is 10.2 Å². The first-order chi connectivity index (χ1) is 12.3. The molecule has 1 N–H and O–H groups in total. The molecule has 0 spiro atoms. The van der Waals surface area contributed by atoms with Crippen LogP contribution in [0.4, 0.5) is 0 Å². The number of carbonyl (C=O) groups excluding carboxylic acids is 1. The molecule has 1 saturated heterocycles. The van der Waals surface area contributed by atoms with Crippen molar-refractivity contribution in [1.29, 1.82) is 0 Å². The molecule has 2 heterocycles. The highest BCUT2D eigenvalue weighted by molar-refractivity contribution is 7.91. The van der Waals surface area contributed by atoms with Crippen molar-refractivity contribution in [2.75, 3.05) is 18.1 Å². The zero-order chi connectivity index (χ0) is 18.7. The molecule has 0 atom stereocenters. The van der Waals surface area contributed by atoms with E-state index in [9.17, 15) is 13.2 Å². The summed E-state index contributed by atoms with van der Waals surface area (Å²) in [5, 5.41) is 7.41. The van der Waals surface area contributed by atoms with Gasteiger partial charge >= 0.3 is 0 Å². The van der Waals surface area contributed by atoms with E-state index in [1.54, 1.807) is 17.0 Å². The lowest BCUT2D eigenvalue weighted by molar-refractivity contribution is 0.0704. The quantitative estimate of drug-likeness (QED) is 0.843. The molecule has 1 aromatic heterocycles. The monoisotopic (exact) mass is 395 g/mol. The number of halogens is 1. The lowest BCUT2D eigenvalue weighted by Crippen LogP contribution is -2.38. The van der Waals surface area contributed by atoms with Gasteiger partial charge in [0.05, 0.1) is 17.2 Å². The van der Waals surface area contributed by atoms with E-state index < -0.39 is 9.84 Å². The van der Waals surface area contributed by atoms with Crippen molar-refractivity contribution in [2.24, 2.45) is 5.92 Å². The van der Waals surface area contributed by atoms with Crippen LogP contribution in [0.15, 0.2) is 30.3 Å². The summed E-state index contributed by atoms with van der Waals surface area (Å²) < 4.78 is 23.3. The van der Waals surface area contributed by atoms with Gasteiger partial charge in [0.25, 0.3) is 5.91 Å². The van der Waals surface area contributed by atoms with Gasteiger partial charge in [0.2, 0.25) is 0 Å². The molecule has 1 aliphatic heterocycles. The second-order valence-electron chi connectivity index (χ2n) is 6.80. The molecule has 3 rings (SSSR count). The van der Waals surface area contributed by atoms with Crippen molar-refractivity contribution in [2.45, 2.75) is 26.3 Å². The number of H-pyrrole nitrogens is 1. The fraction of sp³-hybridized carbons (Fsp3) is 0.444. The Bertz CT molecular complexity index is 881. The van der Waals surface area contributed by atoms with E-state index in [1.165, 1.54) is 0 Å². The van der Waals surface area contributed by atoms with Crippen LogP contribution in [0.25, 0.3) is 0 Å².